The summed E-state index contributed by atoms with van der Waals surface area (Å²) in [5.41, 5.74) is 0.338. The smallest absolute Gasteiger partial charge is 0.133 e. The predicted octanol–water partition coefficient (Wildman–Crippen LogP) is 11.5. The van der Waals surface area contributed by atoms with Gasteiger partial charge in [0.1, 0.15) is 17.2 Å². The molecule has 7 rings (SSSR count). The number of phenolic OH excluding ortho intramolecular Hbond substituents is 3. The van der Waals surface area contributed by atoms with Gasteiger partial charge in [0, 0.05) is 102 Å². The van der Waals surface area contributed by atoms with Crippen LogP contribution in [0.15, 0.2) is 66.4 Å². The van der Waals surface area contributed by atoms with Crippen molar-refractivity contribution < 1.29 is 15.3 Å². The van der Waals surface area contributed by atoms with Gasteiger partial charge >= 0.3 is 0 Å². The first-order chi connectivity index (χ1) is 28.0. The maximum Gasteiger partial charge on any atom is 0.133 e. The minimum Gasteiger partial charge on any atom is -0.507 e. The average Bonchev–Trinajstić information content (AvgIpc) is 3.65. The van der Waals surface area contributed by atoms with Crippen LogP contribution in [0.25, 0.3) is 0 Å². The molecule has 0 saturated heterocycles. The second-order valence-electron chi connectivity index (χ2n) is 19.6. The molecule has 9 nitrogen and oxygen atoms in total. The van der Waals surface area contributed by atoms with Crippen molar-refractivity contribution in [3.63, 3.8) is 0 Å². The van der Waals surface area contributed by atoms with Crippen molar-refractivity contribution in [1.82, 2.24) is 0 Å². The Morgan fingerprint density at radius 2 is 0.617 bits per heavy atom. The molecule has 60 heavy (non-hydrogen) atoms. The lowest BCUT2D eigenvalue weighted by molar-refractivity contribution is 0.211. The van der Waals surface area contributed by atoms with Crippen molar-refractivity contribution in [2.24, 2.45) is 46.2 Å². The first-order valence-corrected chi connectivity index (χ1v) is 22.0. The monoisotopic (exact) mass is 870 g/mol. The van der Waals surface area contributed by atoms with Crippen LogP contribution in [0, 0.1) is 16.2 Å². The summed E-state index contributed by atoms with van der Waals surface area (Å²) in [7, 11) is 0. The third-order valence-electron chi connectivity index (χ3n) is 15.4. The number of aliphatic imine (C=N–C) groups is 6. The second kappa shape index (κ2) is 15.7. The van der Waals surface area contributed by atoms with Gasteiger partial charge < -0.3 is 15.3 Å². The Morgan fingerprint density at radius 3 is 0.850 bits per heavy atom. The molecule has 3 aromatic rings. The Labute approximate surface area is 369 Å². The first-order valence-electron chi connectivity index (χ1n) is 20.8. The van der Waals surface area contributed by atoms with E-state index in [1.54, 1.807) is 73.7 Å². The number of halogens is 3. The Hall–Kier alpha value is -4.05. The van der Waals surface area contributed by atoms with Gasteiger partial charge in [-0.2, -0.15) is 0 Å². The molecule has 4 aliphatic rings. The van der Waals surface area contributed by atoms with Crippen molar-refractivity contribution in [3.8, 4) is 17.2 Å². The molecule has 1 aliphatic heterocycles. The maximum absolute atomic E-state index is 11.5. The van der Waals surface area contributed by atoms with Crippen LogP contribution in [0.3, 0.4) is 0 Å². The molecule has 0 spiro atoms. The summed E-state index contributed by atoms with van der Waals surface area (Å²) in [6, 6.07) is 9.96. The molecular weight excluding hydrogens is 815 g/mol. The summed E-state index contributed by atoms with van der Waals surface area (Å²) in [6.07, 6.45) is 14.9. The number of hydrogen-bond donors (Lipinski definition) is 3. The zero-order chi connectivity index (χ0) is 43.6. The molecule has 1 heterocycles. The fourth-order valence-corrected chi connectivity index (χ4v) is 10.2. The highest BCUT2D eigenvalue weighted by atomic mass is 35.5. The summed E-state index contributed by atoms with van der Waals surface area (Å²) in [5, 5.41) is 35.9. The number of aromatic hydroxyl groups is 3. The second-order valence-corrected chi connectivity index (χ2v) is 20.9. The van der Waals surface area contributed by atoms with Crippen molar-refractivity contribution in [1.29, 1.82) is 0 Å². The average molecular weight is 872 g/mol. The Bertz CT molecular complexity index is 2120. The predicted molar refractivity (Wildman–Crippen MR) is 251 cm³/mol. The summed E-state index contributed by atoms with van der Waals surface area (Å²) < 4.78 is 0. The topological polar surface area (TPSA) is 135 Å². The van der Waals surface area contributed by atoms with Crippen LogP contribution < -0.4 is 0 Å². The molecule has 6 atom stereocenters. The lowest BCUT2D eigenvalue weighted by Crippen LogP contribution is -2.40. The van der Waals surface area contributed by atoms with Crippen LogP contribution in [0.1, 0.15) is 134 Å². The fourth-order valence-electron chi connectivity index (χ4n) is 9.52. The summed E-state index contributed by atoms with van der Waals surface area (Å²) in [4.78, 5) is 30.4. The van der Waals surface area contributed by atoms with Crippen molar-refractivity contribution in [2.45, 2.75) is 136 Å². The number of fused-ring (bicyclic) bond motifs is 12. The first kappa shape index (κ1) is 44.0. The van der Waals surface area contributed by atoms with Crippen LogP contribution in [0.2, 0.25) is 15.1 Å². The molecule has 3 saturated carbocycles. The molecule has 0 aromatic heterocycles. The number of rotatable bonds is 0. The van der Waals surface area contributed by atoms with Gasteiger partial charge in [-0.3, -0.25) is 30.0 Å². The van der Waals surface area contributed by atoms with Gasteiger partial charge in [0.2, 0.25) is 0 Å². The number of hydrogen-bond acceptors (Lipinski definition) is 9. The number of nitrogens with zero attached hydrogens (tertiary/aromatic N) is 6. The van der Waals surface area contributed by atoms with Crippen LogP contribution in [0.4, 0.5) is 0 Å². The lowest BCUT2D eigenvalue weighted by Gasteiger charge is -2.37. The summed E-state index contributed by atoms with van der Waals surface area (Å²) in [5.74, 6) is 0.151. The summed E-state index contributed by atoms with van der Waals surface area (Å²) in [6.45, 7) is 19.3. The Kier molecular flexibility index (Phi) is 11.5. The number of phenols is 3. The molecule has 0 amide bonds. The van der Waals surface area contributed by atoms with E-state index < -0.39 is 16.6 Å². The van der Waals surface area contributed by atoms with Crippen molar-refractivity contribution in [3.05, 3.63) is 84.8 Å². The molecule has 3 aliphatic carbocycles. The van der Waals surface area contributed by atoms with Gasteiger partial charge in [0.15, 0.2) is 0 Å². The van der Waals surface area contributed by atoms with Gasteiger partial charge in [-0.15, -0.1) is 0 Å². The Morgan fingerprint density at radius 1 is 0.400 bits per heavy atom. The van der Waals surface area contributed by atoms with E-state index in [2.05, 4.69) is 62.3 Å². The molecule has 3 N–H and O–H groups in total. The van der Waals surface area contributed by atoms with Gasteiger partial charge in [-0.05, 0) is 95.7 Å². The van der Waals surface area contributed by atoms with Gasteiger partial charge in [0.25, 0.3) is 0 Å². The SMILES string of the molecule is CC1(C)[C@@H]2CC[C@@]1(C)N=Cc1cc(Cl)cc(c1O)C=N[C@H]1CC[C@@](C)(N=Cc3cc(Cl)cc(c3O)C=N[C@H]3CC[C@@](C)(N=Cc4cc(Cl)cc(c4O)C=N2)C3(C)C)C1(C)C. The van der Waals surface area contributed by atoms with Crippen LogP contribution in [-0.2, 0) is 0 Å². The highest BCUT2D eigenvalue weighted by Crippen LogP contribution is 2.52. The van der Waals surface area contributed by atoms with E-state index in [1.807, 2.05) is 0 Å². The normalized spacial score (nSPS) is 30.5. The van der Waals surface area contributed by atoms with Crippen LogP contribution >= 0.6 is 34.8 Å². The standard InChI is InChI=1S/C48H57Cl3N6O3/c1-43(2)37-10-13-46(43,7)55-25-31-19-35(50)17-29(41(31)59)23-53-38-11-15-48(9,44(38,3)4)57-27-33-21-36(51)18-30(42(33)60)24-54-39-12-14-47(8,45(39,5)6)56-26-32-20-34(49)16-28(22-52-37)40(32)58/h16-27,37-39,58-60H,10-15H2,1-9H3/t37-,38-,39-,46+,47+,48+/m0/s1. The highest BCUT2D eigenvalue weighted by Gasteiger charge is 2.53. The van der Waals surface area contributed by atoms with Gasteiger partial charge in [0.05, 0.1) is 34.7 Å². The minimum atomic E-state index is -0.513. The zero-order valence-electron chi connectivity index (χ0n) is 36.1. The molecule has 318 valence electrons. The zero-order valence-corrected chi connectivity index (χ0v) is 38.3. The van der Waals surface area contributed by atoms with Crippen LogP contribution in [-0.4, -0.2) is 87.3 Å². The quantitative estimate of drug-likeness (QED) is 0.208. The Balaban J connectivity index is 1.31. The van der Waals surface area contributed by atoms with E-state index >= 15 is 0 Å². The van der Waals surface area contributed by atoms with E-state index in [1.165, 1.54) is 0 Å². The molecular formula is C48H57Cl3N6O3. The highest BCUT2D eigenvalue weighted by molar-refractivity contribution is 6.32. The van der Waals surface area contributed by atoms with E-state index in [0.29, 0.717) is 48.4 Å². The molecule has 3 fully saturated rings. The van der Waals surface area contributed by atoms with E-state index in [0.717, 1.165) is 38.5 Å². The third-order valence-corrected chi connectivity index (χ3v) is 16.1. The molecule has 3 aromatic carbocycles. The van der Waals surface area contributed by atoms with E-state index in [9.17, 15) is 15.3 Å². The largest absolute Gasteiger partial charge is 0.507 e. The minimum absolute atomic E-state index is 0.0502. The van der Waals surface area contributed by atoms with Crippen molar-refractivity contribution in [2.75, 3.05) is 0 Å². The molecule has 12 bridgehead atoms. The maximum atomic E-state index is 11.5. The molecule has 0 unspecified atom stereocenters. The number of benzene rings is 3. The van der Waals surface area contributed by atoms with E-state index in [4.69, 9.17) is 64.8 Å². The molecule has 0 radical (unpaired) electrons. The molecule has 12 heteroatoms. The van der Waals surface area contributed by atoms with Crippen molar-refractivity contribution >= 4 is 72.1 Å². The van der Waals surface area contributed by atoms with Crippen LogP contribution in [0.5, 0.6) is 17.2 Å². The third kappa shape index (κ3) is 7.72. The summed E-state index contributed by atoms with van der Waals surface area (Å²) >= 11 is 19.9. The van der Waals surface area contributed by atoms with E-state index in [-0.39, 0.29) is 51.6 Å². The van der Waals surface area contributed by atoms with Gasteiger partial charge in [-0.1, -0.05) is 76.3 Å². The van der Waals surface area contributed by atoms with Gasteiger partial charge in [-0.25, -0.2) is 0 Å². The fraction of sp³-hybridized carbons (Fsp3) is 0.500. The lowest BCUT2D eigenvalue weighted by atomic mass is 9.74.